The summed E-state index contributed by atoms with van der Waals surface area (Å²) in [6.45, 7) is 2.47. The number of hydrogen-bond acceptors (Lipinski definition) is 5. The van der Waals surface area contributed by atoms with Crippen molar-refractivity contribution in [2.75, 3.05) is 13.1 Å². The molecule has 3 heterocycles. The molecular weight excluding hydrogens is 331 g/mol. The summed E-state index contributed by atoms with van der Waals surface area (Å²) in [6.07, 6.45) is 5.42. The third-order valence-corrected chi connectivity index (χ3v) is 4.61. The number of rotatable bonds is 6. The smallest absolute Gasteiger partial charge is 0.153 e. The Kier molecular flexibility index (Phi) is 5.01. The lowest BCUT2D eigenvalue weighted by atomic mass is 9.95. The van der Waals surface area contributed by atoms with Crippen molar-refractivity contribution in [1.29, 1.82) is 0 Å². The molecule has 1 aromatic carbocycles. The van der Waals surface area contributed by atoms with Gasteiger partial charge in [0.2, 0.25) is 0 Å². The highest BCUT2D eigenvalue weighted by Crippen LogP contribution is 2.24. The lowest BCUT2D eigenvalue weighted by molar-refractivity contribution is 0.441. The molecule has 0 saturated carbocycles. The zero-order valence-electron chi connectivity index (χ0n) is 14.3. The first-order valence-electron chi connectivity index (χ1n) is 8.69. The Balaban J connectivity index is 1.35. The predicted octanol–water partition coefficient (Wildman–Crippen LogP) is 1.96. The fraction of sp³-hybridized carbons (Fsp3) is 0.263. The summed E-state index contributed by atoms with van der Waals surface area (Å²) >= 11 is 0. The van der Waals surface area contributed by atoms with Crippen LogP contribution in [0.5, 0.6) is 0 Å². The summed E-state index contributed by atoms with van der Waals surface area (Å²) in [7, 11) is 0. The minimum Gasteiger partial charge on any atom is -0.312 e. The standard InChI is InChI=1S/C19H21FN6/c20-17-4-2-15(3-5-17)19-16(13-23-25-19)12-21-11-14-6-8-22-18(10-14)26-9-1-7-24-26/h1-10,16,19,21,23,25H,11-13H2. The Morgan fingerprint density at radius 1 is 1.19 bits per heavy atom. The van der Waals surface area contributed by atoms with Gasteiger partial charge in [-0.1, -0.05) is 12.1 Å². The molecule has 26 heavy (non-hydrogen) atoms. The average molecular weight is 352 g/mol. The molecule has 2 unspecified atom stereocenters. The first-order valence-corrected chi connectivity index (χ1v) is 8.69. The SMILES string of the molecule is Fc1ccc(C2NNCC2CNCc2ccnc(-n3cccn3)c2)cc1. The van der Waals surface area contributed by atoms with Crippen molar-refractivity contribution in [3.05, 3.63) is 78.0 Å². The van der Waals surface area contributed by atoms with Gasteiger partial charge in [-0.25, -0.2) is 19.5 Å². The average Bonchev–Trinajstić information content (AvgIpc) is 3.35. The van der Waals surface area contributed by atoms with Gasteiger partial charge >= 0.3 is 0 Å². The highest BCUT2D eigenvalue weighted by Gasteiger charge is 2.27. The molecule has 2 atom stereocenters. The van der Waals surface area contributed by atoms with Crippen molar-refractivity contribution in [2.45, 2.75) is 12.6 Å². The second kappa shape index (κ2) is 7.74. The number of nitrogens with zero attached hydrogens (tertiary/aromatic N) is 3. The summed E-state index contributed by atoms with van der Waals surface area (Å²) in [5.74, 6) is 0.982. The number of hydrogen-bond donors (Lipinski definition) is 3. The molecule has 7 heteroatoms. The van der Waals surface area contributed by atoms with Crippen molar-refractivity contribution >= 4 is 0 Å². The van der Waals surface area contributed by atoms with E-state index in [1.165, 1.54) is 12.1 Å². The van der Waals surface area contributed by atoms with Crippen LogP contribution in [0.2, 0.25) is 0 Å². The maximum atomic E-state index is 13.1. The van der Waals surface area contributed by atoms with Crippen LogP contribution in [0.1, 0.15) is 17.2 Å². The third-order valence-electron chi connectivity index (χ3n) is 4.61. The maximum Gasteiger partial charge on any atom is 0.153 e. The van der Waals surface area contributed by atoms with Gasteiger partial charge in [0.1, 0.15) is 5.82 Å². The zero-order valence-corrected chi connectivity index (χ0v) is 14.3. The van der Waals surface area contributed by atoms with E-state index in [1.807, 2.05) is 36.5 Å². The number of benzene rings is 1. The molecule has 3 aromatic rings. The maximum absolute atomic E-state index is 13.1. The molecule has 0 amide bonds. The van der Waals surface area contributed by atoms with Crippen molar-refractivity contribution in [3.8, 4) is 5.82 Å². The van der Waals surface area contributed by atoms with Crippen LogP contribution in [0.25, 0.3) is 5.82 Å². The fourth-order valence-corrected chi connectivity index (χ4v) is 3.25. The van der Waals surface area contributed by atoms with Crippen molar-refractivity contribution in [2.24, 2.45) is 5.92 Å². The number of hydrazine groups is 1. The van der Waals surface area contributed by atoms with Crippen LogP contribution in [0.15, 0.2) is 61.1 Å². The Hall–Kier alpha value is -2.61. The van der Waals surface area contributed by atoms with E-state index in [4.69, 9.17) is 0 Å². The molecule has 134 valence electrons. The topological polar surface area (TPSA) is 66.8 Å². The number of aromatic nitrogens is 3. The van der Waals surface area contributed by atoms with Gasteiger partial charge in [-0.3, -0.25) is 5.43 Å². The van der Waals surface area contributed by atoms with Gasteiger partial charge in [0.05, 0.1) is 6.04 Å². The minimum absolute atomic E-state index is 0.167. The van der Waals surface area contributed by atoms with Crippen molar-refractivity contribution in [3.63, 3.8) is 0 Å². The summed E-state index contributed by atoms with van der Waals surface area (Å²) in [6, 6.07) is 12.8. The van der Waals surface area contributed by atoms with Crippen molar-refractivity contribution < 1.29 is 4.39 Å². The highest BCUT2D eigenvalue weighted by atomic mass is 19.1. The molecule has 1 aliphatic rings. The summed E-state index contributed by atoms with van der Waals surface area (Å²) in [5.41, 5.74) is 8.74. The molecule has 3 N–H and O–H groups in total. The van der Waals surface area contributed by atoms with Crippen LogP contribution in [0.3, 0.4) is 0 Å². The van der Waals surface area contributed by atoms with Gasteiger partial charge in [0, 0.05) is 44.1 Å². The zero-order chi connectivity index (χ0) is 17.8. The molecule has 2 aromatic heterocycles. The predicted molar refractivity (Wildman–Crippen MR) is 96.8 cm³/mol. The molecule has 0 spiro atoms. The summed E-state index contributed by atoms with van der Waals surface area (Å²) in [5, 5.41) is 7.73. The minimum atomic E-state index is -0.208. The second-order valence-corrected chi connectivity index (χ2v) is 6.42. The molecule has 1 saturated heterocycles. The van der Waals surface area contributed by atoms with Gasteiger partial charge < -0.3 is 5.32 Å². The highest BCUT2D eigenvalue weighted by molar-refractivity contribution is 5.27. The Labute approximate surface area is 151 Å². The number of nitrogens with one attached hydrogen (secondary N) is 3. The first kappa shape index (κ1) is 16.8. The molecule has 1 aliphatic heterocycles. The summed E-state index contributed by atoms with van der Waals surface area (Å²) < 4.78 is 14.9. The van der Waals surface area contributed by atoms with Gasteiger partial charge in [-0.2, -0.15) is 5.10 Å². The van der Waals surface area contributed by atoms with E-state index in [0.29, 0.717) is 5.92 Å². The summed E-state index contributed by atoms with van der Waals surface area (Å²) in [4.78, 5) is 4.35. The number of halogens is 1. The van der Waals surface area contributed by atoms with Crippen LogP contribution in [-0.2, 0) is 6.54 Å². The van der Waals surface area contributed by atoms with Gasteiger partial charge in [0.15, 0.2) is 5.82 Å². The lowest BCUT2D eigenvalue weighted by Gasteiger charge is -2.19. The molecule has 4 rings (SSSR count). The lowest BCUT2D eigenvalue weighted by Crippen LogP contribution is -2.28. The molecule has 6 nitrogen and oxygen atoms in total. The van der Waals surface area contributed by atoms with E-state index >= 15 is 0 Å². The molecule has 0 aliphatic carbocycles. The molecule has 0 radical (unpaired) electrons. The Bertz CT molecular complexity index is 834. The quantitative estimate of drug-likeness (QED) is 0.633. The van der Waals surface area contributed by atoms with Gasteiger partial charge in [-0.15, -0.1) is 0 Å². The van der Waals surface area contributed by atoms with E-state index in [9.17, 15) is 4.39 Å². The Morgan fingerprint density at radius 3 is 2.88 bits per heavy atom. The van der Waals surface area contributed by atoms with Crippen LogP contribution < -0.4 is 16.2 Å². The van der Waals surface area contributed by atoms with Crippen LogP contribution in [0, 0.1) is 11.7 Å². The van der Waals surface area contributed by atoms with Crippen LogP contribution in [-0.4, -0.2) is 27.9 Å². The molecular formula is C19H21FN6. The van der Waals surface area contributed by atoms with E-state index in [0.717, 1.165) is 36.6 Å². The van der Waals surface area contributed by atoms with E-state index in [2.05, 4.69) is 26.3 Å². The van der Waals surface area contributed by atoms with Crippen LogP contribution in [0.4, 0.5) is 4.39 Å². The monoisotopic (exact) mass is 352 g/mol. The first-order chi connectivity index (χ1) is 12.8. The van der Waals surface area contributed by atoms with E-state index in [-0.39, 0.29) is 11.9 Å². The molecule has 0 bridgehead atoms. The number of pyridine rings is 1. The van der Waals surface area contributed by atoms with Crippen molar-refractivity contribution in [1.82, 2.24) is 30.9 Å². The Morgan fingerprint density at radius 2 is 2.08 bits per heavy atom. The third kappa shape index (κ3) is 3.80. The largest absolute Gasteiger partial charge is 0.312 e. The fourth-order valence-electron chi connectivity index (χ4n) is 3.25. The van der Waals surface area contributed by atoms with Gasteiger partial charge in [-0.05, 0) is 41.5 Å². The normalized spacial score (nSPS) is 19.7. The molecule has 1 fully saturated rings. The van der Waals surface area contributed by atoms with Gasteiger partial charge in [0.25, 0.3) is 0 Å². The second-order valence-electron chi connectivity index (χ2n) is 6.42. The van der Waals surface area contributed by atoms with E-state index < -0.39 is 0 Å². The van der Waals surface area contributed by atoms with E-state index in [1.54, 1.807) is 17.1 Å². The van der Waals surface area contributed by atoms with Crippen LogP contribution >= 0.6 is 0 Å².